The van der Waals surface area contributed by atoms with E-state index in [1.54, 1.807) is 4.90 Å². The number of piperidine rings is 1. The van der Waals surface area contributed by atoms with Crippen LogP contribution < -0.4 is 5.73 Å². The first-order chi connectivity index (χ1) is 9.24. The van der Waals surface area contributed by atoms with Gasteiger partial charge >= 0.3 is 12.1 Å². The van der Waals surface area contributed by atoms with E-state index in [0.717, 1.165) is 19.3 Å². The van der Waals surface area contributed by atoms with Gasteiger partial charge in [-0.2, -0.15) is 0 Å². The van der Waals surface area contributed by atoms with Crippen LogP contribution in [0.5, 0.6) is 0 Å². The summed E-state index contributed by atoms with van der Waals surface area (Å²) < 4.78 is 10.0. The molecule has 1 rings (SSSR count). The summed E-state index contributed by atoms with van der Waals surface area (Å²) in [7, 11) is 1.31. The summed E-state index contributed by atoms with van der Waals surface area (Å²) in [5, 5.41) is 0. The molecule has 2 N–H and O–H groups in total. The minimum absolute atomic E-state index is 0.0623. The fourth-order valence-corrected chi connectivity index (χ4v) is 2.35. The predicted molar refractivity (Wildman–Crippen MR) is 75.2 cm³/mol. The van der Waals surface area contributed by atoms with Crippen LogP contribution in [0.15, 0.2) is 0 Å². The van der Waals surface area contributed by atoms with Crippen molar-refractivity contribution in [1.82, 2.24) is 4.90 Å². The highest BCUT2D eigenvalue weighted by Crippen LogP contribution is 2.23. The molecule has 6 nitrogen and oxygen atoms in total. The zero-order valence-electron chi connectivity index (χ0n) is 12.8. The summed E-state index contributed by atoms with van der Waals surface area (Å²) >= 11 is 0. The van der Waals surface area contributed by atoms with E-state index >= 15 is 0 Å². The van der Waals surface area contributed by atoms with Crippen LogP contribution in [0.2, 0.25) is 0 Å². The maximum Gasteiger partial charge on any atom is 0.410 e. The molecule has 6 heteroatoms. The number of carbonyl (C=O) groups excluding carboxylic acids is 2. The Bertz CT molecular complexity index is 352. The molecule has 1 amide bonds. The van der Waals surface area contributed by atoms with Crippen LogP contribution in [0, 0.1) is 0 Å². The van der Waals surface area contributed by atoms with Gasteiger partial charge in [-0.1, -0.05) is 0 Å². The predicted octanol–water partition coefficient (Wildman–Crippen LogP) is 1.67. The lowest BCUT2D eigenvalue weighted by atomic mass is 9.96. The van der Waals surface area contributed by atoms with Gasteiger partial charge in [-0.15, -0.1) is 0 Å². The number of esters is 1. The number of hydrogen-bond acceptors (Lipinski definition) is 5. The molecule has 0 bridgehead atoms. The van der Waals surface area contributed by atoms with Crippen molar-refractivity contribution >= 4 is 12.1 Å². The lowest BCUT2D eigenvalue weighted by molar-refractivity contribution is -0.142. The number of carbonyl (C=O) groups is 2. The van der Waals surface area contributed by atoms with Crippen LogP contribution in [0.25, 0.3) is 0 Å². The van der Waals surface area contributed by atoms with E-state index in [1.807, 2.05) is 20.8 Å². The van der Waals surface area contributed by atoms with Crippen molar-refractivity contribution in [2.75, 3.05) is 13.7 Å². The molecule has 2 atom stereocenters. The Labute approximate surface area is 120 Å². The van der Waals surface area contributed by atoms with E-state index in [2.05, 4.69) is 4.74 Å². The standard InChI is InChI=1S/C14H26N2O4/c1-14(2,3)20-13(18)16-8-6-5-7-10(16)9-11(15)12(17)19-4/h10-11H,5-9,15H2,1-4H3. The Morgan fingerprint density at radius 3 is 2.55 bits per heavy atom. The Kier molecular flexibility index (Phi) is 5.80. The van der Waals surface area contributed by atoms with Crippen LogP contribution in [-0.4, -0.2) is 48.3 Å². The largest absolute Gasteiger partial charge is 0.468 e. The molecule has 20 heavy (non-hydrogen) atoms. The first-order valence-electron chi connectivity index (χ1n) is 7.07. The van der Waals surface area contributed by atoms with Crippen molar-refractivity contribution in [3.05, 3.63) is 0 Å². The van der Waals surface area contributed by atoms with Gasteiger partial charge in [0.15, 0.2) is 0 Å². The van der Waals surface area contributed by atoms with Crippen LogP contribution in [-0.2, 0) is 14.3 Å². The van der Waals surface area contributed by atoms with Gasteiger partial charge in [-0.25, -0.2) is 4.79 Å². The Morgan fingerprint density at radius 2 is 2.00 bits per heavy atom. The smallest absolute Gasteiger partial charge is 0.410 e. The molecule has 2 unspecified atom stereocenters. The zero-order valence-corrected chi connectivity index (χ0v) is 12.8. The van der Waals surface area contributed by atoms with Crippen LogP contribution >= 0.6 is 0 Å². The molecular formula is C14H26N2O4. The number of nitrogens with zero attached hydrogens (tertiary/aromatic N) is 1. The Balaban J connectivity index is 2.67. The van der Waals surface area contributed by atoms with Crippen molar-refractivity contribution in [1.29, 1.82) is 0 Å². The maximum atomic E-state index is 12.2. The second-order valence-electron chi connectivity index (χ2n) is 6.19. The summed E-state index contributed by atoms with van der Waals surface area (Å²) in [5.74, 6) is -0.445. The van der Waals surface area contributed by atoms with Gasteiger partial charge in [0.05, 0.1) is 7.11 Å². The van der Waals surface area contributed by atoms with Gasteiger partial charge < -0.3 is 20.1 Å². The summed E-state index contributed by atoms with van der Waals surface area (Å²) in [6.07, 6.45) is 2.89. The highest BCUT2D eigenvalue weighted by molar-refractivity contribution is 5.75. The number of likely N-dealkylation sites (tertiary alicyclic amines) is 1. The summed E-state index contributed by atoms with van der Waals surface area (Å²) in [6, 6.07) is -0.763. The maximum absolute atomic E-state index is 12.2. The van der Waals surface area contributed by atoms with Gasteiger partial charge in [0, 0.05) is 12.6 Å². The number of rotatable bonds is 3. The first kappa shape index (κ1) is 16.8. The average Bonchev–Trinajstić information content (AvgIpc) is 2.36. The minimum Gasteiger partial charge on any atom is -0.468 e. The molecular weight excluding hydrogens is 260 g/mol. The summed E-state index contributed by atoms with van der Waals surface area (Å²) in [4.78, 5) is 25.3. The average molecular weight is 286 g/mol. The molecule has 116 valence electrons. The minimum atomic E-state index is -0.701. The van der Waals surface area contributed by atoms with Crippen molar-refractivity contribution in [3.8, 4) is 0 Å². The van der Waals surface area contributed by atoms with Gasteiger partial charge in [-0.3, -0.25) is 4.79 Å². The Morgan fingerprint density at radius 1 is 1.35 bits per heavy atom. The van der Waals surface area contributed by atoms with Crippen molar-refractivity contribution in [2.24, 2.45) is 5.73 Å². The topological polar surface area (TPSA) is 81.9 Å². The number of hydrogen-bond donors (Lipinski definition) is 1. The monoisotopic (exact) mass is 286 g/mol. The highest BCUT2D eigenvalue weighted by Gasteiger charge is 2.32. The summed E-state index contributed by atoms with van der Waals surface area (Å²) in [5.41, 5.74) is 5.27. The second kappa shape index (κ2) is 6.92. The molecule has 1 aliphatic rings. The van der Waals surface area contributed by atoms with Gasteiger partial charge in [0.25, 0.3) is 0 Å². The van der Waals surface area contributed by atoms with E-state index < -0.39 is 17.6 Å². The fraction of sp³-hybridized carbons (Fsp3) is 0.857. The molecule has 1 heterocycles. The molecule has 1 saturated heterocycles. The fourth-order valence-electron chi connectivity index (χ4n) is 2.35. The quantitative estimate of drug-likeness (QED) is 0.798. The third kappa shape index (κ3) is 5.00. The van der Waals surface area contributed by atoms with Gasteiger partial charge in [-0.05, 0) is 46.5 Å². The highest BCUT2D eigenvalue weighted by atomic mass is 16.6. The van der Waals surface area contributed by atoms with E-state index in [9.17, 15) is 9.59 Å². The first-order valence-corrected chi connectivity index (χ1v) is 7.07. The van der Waals surface area contributed by atoms with Crippen LogP contribution in [0.1, 0.15) is 46.5 Å². The van der Waals surface area contributed by atoms with Crippen molar-refractivity contribution in [3.63, 3.8) is 0 Å². The van der Waals surface area contributed by atoms with E-state index in [1.165, 1.54) is 7.11 Å². The Hall–Kier alpha value is -1.30. The molecule has 0 aromatic carbocycles. The SMILES string of the molecule is COC(=O)C(N)CC1CCCCN1C(=O)OC(C)(C)C. The van der Waals surface area contributed by atoms with Crippen molar-refractivity contribution < 1.29 is 19.1 Å². The summed E-state index contributed by atoms with van der Waals surface area (Å²) in [6.45, 7) is 6.16. The number of nitrogens with two attached hydrogens (primary N) is 1. The number of amides is 1. The molecule has 0 aromatic heterocycles. The van der Waals surface area contributed by atoms with Gasteiger partial charge in [0.2, 0.25) is 0 Å². The molecule has 1 fully saturated rings. The molecule has 1 aliphatic heterocycles. The van der Waals surface area contributed by atoms with Crippen molar-refractivity contribution in [2.45, 2.75) is 64.1 Å². The number of ether oxygens (including phenoxy) is 2. The van der Waals surface area contributed by atoms with E-state index in [-0.39, 0.29) is 12.1 Å². The van der Waals surface area contributed by atoms with Gasteiger partial charge in [0.1, 0.15) is 11.6 Å². The van der Waals surface area contributed by atoms with Crippen LogP contribution in [0.4, 0.5) is 4.79 Å². The third-order valence-electron chi connectivity index (χ3n) is 3.29. The van der Waals surface area contributed by atoms with Crippen LogP contribution in [0.3, 0.4) is 0 Å². The molecule has 0 radical (unpaired) electrons. The molecule has 0 spiro atoms. The third-order valence-corrected chi connectivity index (χ3v) is 3.29. The lowest BCUT2D eigenvalue weighted by Gasteiger charge is -2.37. The van der Waals surface area contributed by atoms with E-state index in [0.29, 0.717) is 13.0 Å². The molecule has 0 aromatic rings. The zero-order chi connectivity index (χ0) is 15.3. The second-order valence-corrected chi connectivity index (χ2v) is 6.19. The lowest BCUT2D eigenvalue weighted by Crippen LogP contribution is -2.49. The molecule has 0 aliphatic carbocycles. The normalized spacial score (nSPS) is 21.2. The number of methoxy groups -OCH3 is 1. The molecule has 0 saturated carbocycles. The van der Waals surface area contributed by atoms with E-state index in [4.69, 9.17) is 10.5 Å².